The van der Waals surface area contributed by atoms with Crippen molar-refractivity contribution in [2.24, 2.45) is 0 Å². The molecule has 2 aromatic carbocycles. The number of aromatic nitrogens is 5. The van der Waals surface area contributed by atoms with E-state index in [0.717, 1.165) is 0 Å². The minimum Gasteiger partial charge on any atom is -0.324 e. The first-order valence-electron chi connectivity index (χ1n) is 15.3. The fraction of sp³-hybridized carbons (Fsp3) is 0.107. The Hall–Kier alpha value is -4.85. The summed E-state index contributed by atoms with van der Waals surface area (Å²) in [7, 11) is 0. The number of rotatable bonds is 6. The molecule has 5 aromatic rings. The van der Waals surface area contributed by atoms with Crippen LogP contribution < -0.4 is 10.6 Å². The molecule has 1 amide bonds. The molecular formula is C28H25N7O. The second-order valence-corrected chi connectivity index (χ2v) is 7.73. The summed E-state index contributed by atoms with van der Waals surface area (Å²) in [6.45, 7) is 0.229. The first-order chi connectivity index (χ1) is 21.2. The van der Waals surface area contributed by atoms with Crippen LogP contribution in [0.1, 0.15) is 39.5 Å². The highest BCUT2D eigenvalue weighted by Crippen LogP contribution is 2.24. The molecule has 5 rings (SSSR count). The summed E-state index contributed by atoms with van der Waals surface area (Å²) in [6.07, 6.45) is 7.51. The van der Waals surface area contributed by atoms with E-state index in [0.29, 0.717) is 17.0 Å². The van der Waals surface area contributed by atoms with Crippen LogP contribution in [-0.4, -0.2) is 30.4 Å². The van der Waals surface area contributed by atoms with Gasteiger partial charge in [0.15, 0.2) is 0 Å². The second-order valence-electron chi connectivity index (χ2n) is 7.73. The van der Waals surface area contributed by atoms with E-state index in [2.05, 4.69) is 30.6 Å². The van der Waals surface area contributed by atoms with E-state index in [9.17, 15) is 4.79 Å². The molecule has 0 aliphatic rings. The molecule has 0 aliphatic heterocycles. The summed E-state index contributed by atoms with van der Waals surface area (Å²) in [5.74, 6) is -1.27. The Bertz CT molecular complexity index is 1960. The topological polar surface area (TPSA) is 97.6 Å². The van der Waals surface area contributed by atoms with E-state index >= 15 is 0 Å². The Morgan fingerprint density at radius 3 is 2.78 bits per heavy atom. The van der Waals surface area contributed by atoms with E-state index in [4.69, 9.17) is 12.3 Å². The molecule has 0 fully saturated rings. The molecule has 0 radical (unpaired) electrons. The van der Waals surface area contributed by atoms with Gasteiger partial charge >= 0.3 is 0 Å². The highest BCUT2D eigenvalue weighted by atomic mass is 16.1. The van der Waals surface area contributed by atoms with Crippen LogP contribution in [0.3, 0.4) is 0 Å². The molecule has 0 bridgehead atoms. The van der Waals surface area contributed by atoms with Crippen molar-refractivity contribution in [1.29, 1.82) is 0 Å². The monoisotopic (exact) mass is 484 g/mol. The maximum absolute atomic E-state index is 13.7. The molecule has 8 nitrogen and oxygen atoms in total. The quantitative estimate of drug-likeness (QED) is 0.323. The molecule has 2 N–H and O–H groups in total. The minimum absolute atomic E-state index is 0.0449. The highest BCUT2D eigenvalue weighted by Gasteiger charge is 2.12. The number of benzene rings is 2. The lowest BCUT2D eigenvalue weighted by Crippen LogP contribution is -2.13. The molecule has 0 unspecified atom stereocenters. The lowest BCUT2D eigenvalue weighted by Gasteiger charge is -2.13. The van der Waals surface area contributed by atoms with Crippen LogP contribution in [-0.2, 0) is 0 Å². The van der Waals surface area contributed by atoms with Crippen molar-refractivity contribution in [1.82, 2.24) is 24.5 Å². The number of pyridine rings is 1. The van der Waals surface area contributed by atoms with Gasteiger partial charge in [-0.15, -0.1) is 0 Å². The zero-order chi connectivity index (χ0) is 32.8. The van der Waals surface area contributed by atoms with Gasteiger partial charge in [-0.25, -0.2) is 15.0 Å². The van der Waals surface area contributed by atoms with E-state index in [1.807, 2.05) is 0 Å². The average molecular weight is 485 g/mol. The fourth-order valence-electron chi connectivity index (χ4n) is 3.31. The van der Waals surface area contributed by atoms with Crippen molar-refractivity contribution in [2.75, 3.05) is 10.6 Å². The number of aryl methyl sites for hydroxylation is 1. The van der Waals surface area contributed by atoms with Crippen molar-refractivity contribution < 1.29 is 17.1 Å². The first-order valence-corrected chi connectivity index (χ1v) is 10.8. The summed E-state index contributed by atoms with van der Waals surface area (Å²) in [4.78, 5) is 30.3. The molecule has 178 valence electrons. The van der Waals surface area contributed by atoms with Crippen molar-refractivity contribution in [2.45, 2.75) is 20.7 Å². The molecule has 0 spiro atoms. The molecule has 0 saturated carbocycles. The average Bonchev–Trinajstić information content (AvgIpc) is 3.42. The van der Waals surface area contributed by atoms with E-state index in [1.54, 1.807) is 43.7 Å². The number of carbonyl (C=O) groups is 1. The third-order valence-electron chi connectivity index (χ3n) is 4.96. The van der Waals surface area contributed by atoms with Gasteiger partial charge in [-0.2, -0.15) is 0 Å². The predicted octanol–water partition coefficient (Wildman–Crippen LogP) is 5.65. The van der Waals surface area contributed by atoms with Crippen LogP contribution in [0.15, 0.2) is 85.6 Å². The summed E-state index contributed by atoms with van der Waals surface area (Å²) >= 11 is 0. The Labute approximate surface area is 221 Å². The van der Waals surface area contributed by atoms with Gasteiger partial charge in [-0.3, -0.25) is 9.78 Å². The van der Waals surface area contributed by atoms with Crippen LogP contribution in [0, 0.1) is 20.7 Å². The van der Waals surface area contributed by atoms with E-state index in [-0.39, 0.29) is 41.0 Å². The summed E-state index contributed by atoms with van der Waals surface area (Å²) < 4.78 is 77.2. The number of anilines is 3. The Morgan fingerprint density at radius 1 is 1.08 bits per heavy atom. The normalized spacial score (nSPS) is 14.7. The van der Waals surface area contributed by atoms with Crippen LogP contribution in [0.2, 0.25) is 0 Å². The molecule has 0 aliphatic carbocycles. The fourth-order valence-corrected chi connectivity index (χ4v) is 3.31. The van der Waals surface area contributed by atoms with Crippen LogP contribution >= 0.6 is 0 Å². The second kappa shape index (κ2) is 9.79. The van der Waals surface area contributed by atoms with Gasteiger partial charge in [-0.1, -0.05) is 6.04 Å². The van der Waals surface area contributed by atoms with Gasteiger partial charge in [0, 0.05) is 57.1 Å². The minimum atomic E-state index is -2.97. The van der Waals surface area contributed by atoms with Crippen molar-refractivity contribution in [3.05, 3.63) is 108 Å². The van der Waals surface area contributed by atoms with Gasteiger partial charge in [-0.05, 0) is 80.2 Å². The first kappa shape index (κ1) is 14.5. The van der Waals surface area contributed by atoms with Crippen molar-refractivity contribution >= 4 is 23.2 Å². The Balaban J connectivity index is 1.63. The molecule has 3 heterocycles. The summed E-state index contributed by atoms with van der Waals surface area (Å²) in [5.41, 5.74) is -0.288. The van der Waals surface area contributed by atoms with Crippen LogP contribution in [0.4, 0.5) is 17.3 Å². The summed E-state index contributed by atoms with van der Waals surface area (Å²) in [5, 5.41) is 5.08. The van der Waals surface area contributed by atoms with Gasteiger partial charge in [0.2, 0.25) is 5.95 Å². The van der Waals surface area contributed by atoms with Gasteiger partial charge in [0.05, 0.1) is 25.9 Å². The largest absolute Gasteiger partial charge is 0.324 e. The van der Waals surface area contributed by atoms with E-state index < -0.39 is 47.7 Å². The lowest BCUT2D eigenvalue weighted by atomic mass is 10.1. The molecular weight excluding hydrogens is 450 g/mol. The number of nitrogens with zero attached hydrogens (tertiary/aromatic N) is 5. The molecule has 3 aromatic heterocycles. The molecule has 0 saturated heterocycles. The number of imidazole rings is 1. The van der Waals surface area contributed by atoms with Crippen molar-refractivity contribution in [3.63, 3.8) is 0 Å². The third kappa shape index (κ3) is 5.12. The Kier molecular flexibility index (Phi) is 3.95. The van der Waals surface area contributed by atoms with Crippen LogP contribution in [0.25, 0.3) is 16.9 Å². The molecule has 36 heavy (non-hydrogen) atoms. The number of carbonyl (C=O) groups excluding carboxylic acids is 1. The maximum Gasteiger partial charge on any atom is 0.255 e. The van der Waals surface area contributed by atoms with Gasteiger partial charge in [0.25, 0.3) is 5.91 Å². The number of amides is 1. The van der Waals surface area contributed by atoms with Gasteiger partial charge < -0.3 is 15.2 Å². The predicted molar refractivity (Wildman–Crippen MR) is 141 cm³/mol. The Morgan fingerprint density at radius 2 is 2.00 bits per heavy atom. The summed E-state index contributed by atoms with van der Waals surface area (Å²) in [6, 6.07) is 1.80. The molecule has 0 atom stereocenters. The zero-order valence-electron chi connectivity index (χ0n) is 28.3. The highest BCUT2D eigenvalue weighted by molar-refractivity contribution is 6.05. The smallest absolute Gasteiger partial charge is 0.255 e. The lowest BCUT2D eigenvalue weighted by molar-refractivity contribution is 0.102. The third-order valence-corrected chi connectivity index (χ3v) is 4.96. The van der Waals surface area contributed by atoms with Crippen molar-refractivity contribution in [3.8, 4) is 16.9 Å². The number of nitrogens with one attached hydrogen (secondary N) is 2. The zero-order valence-corrected chi connectivity index (χ0v) is 19.3. The number of hydrogen-bond donors (Lipinski definition) is 2. The standard InChI is InChI=1S/C28H25N7O/c1-18-11-23(14-24(12-18)35-16-20(3)31-17-35)32-27(36)21-7-6-19(2)26(13-21)34-28-30-10-8-25(33-28)22-5-4-9-29-15-22/h4-17H,1-3H3,(H,32,36)(H,30,33,34)/i2D3,6D,7D,11D,12D,13D,14D. The van der Waals surface area contributed by atoms with Crippen LogP contribution in [0.5, 0.6) is 0 Å². The van der Waals surface area contributed by atoms with E-state index in [1.165, 1.54) is 24.0 Å². The number of hydrogen-bond acceptors (Lipinski definition) is 6. The molecule has 8 heteroatoms. The van der Waals surface area contributed by atoms with Gasteiger partial charge in [0.1, 0.15) is 0 Å². The SMILES string of the molecule is [2H]c1c(C)c([2H])c(-n2cnc(C)c2)c([2H])c1NC(=O)c1c([2H])c([2H])c(C([2H])([2H])[2H])c(Nc2nccc(-c3cccnc3)n2)c1[2H]. The maximum atomic E-state index is 13.7.